The average molecular weight is 131 g/mol. The minimum atomic E-state index is 0.579. The Balaban J connectivity index is 2.99. The van der Waals surface area contributed by atoms with E-state index in [1.54, 1.807) is 0 Å². The van der Waals surface area contributed by atoms with Crippen molar-refractivity contribution in [3.8, 4) is 0 Å². The van der Waals surface area contributed by atoms with Gasteiger partial charge in [-0.15, -0.1) is 0 Å². The molecule has 0 unspecified atom stereocenters. The quantitative estimate of drug-likeness (QED) is 0.585. The fourth-order valence-corrected chi connectivity index (χ4v) is 0.620. The lowest BCUT2D eigenvalue weighted by Crippen LogP contribution is -2.10. The summed E-state index contributed by atoms with van der Waals surface area (Å²) in [6.07, 6.45) is 3.43. The zero-order chi connectivity index (χ0) is 6.41. The molecule has 0 aromatic carbocycles. The molecule has 0 heterocycles. The second-order valence-corrected chi connectivity index (χ2v) is 2.42. The first kappa shape index (κ1) is 8.05. The number of thiocarbonyl (C=S) groups is 1. The van der Waals surface area contributed by atoms with E-state index < -0.39 is 0 Å². The third-order valence-electron chi connectivity index (χ3n) is 1.04. The van der Waals surface area contributed by atoms with Gasteiger partial charge in [0.15, 0.2) is 0 Å². The Morgan fingerprint density at radius 3 is 2.62 bits per heavy atom. The summed E-state index contributed by atoms with van der Waals surface area (Å²) in [7, 11) is 0. The van der Waals surface area contributed by atoms with Crippen LogP contribution in [0.5, 0.6) is 0 Å². The molecule has 0 atom stereocenters. The fraction of sp³-hybridized carbons (Fsp3) is 0.833. The lowest BCUT2D eigenvalue weighted by molar-refractivity contribution is 0.835. The second-order valence-electron chi connectivity index (χ2n) is 1.85. The van der Waals surface area contributed by atoms with Crippen molar-refractivity contribution in [2.45, 2.75) is 26.2 Å². The molecular formula is C6H13NS. The van der Waals surface area contributed by atoms with Crippen LogP contribution in [0.25, 0.3) is 0 Å². The molecule has 2 N–H and O–H groups in total. The number of rotatable bonds is 4. The highest BCUT2D eigenvalue weighted by Crippen LogP contribution is 1.94. The fourth-order valence-electron chi connectivity index (χ4n) is 0.476. The molecule has 2 heteroatoms. The summed E-state index contributed by atoms with van der Waals surface area (Å²) in [6, 6.07) is 0. The predicted molar refractivity (Wildman–Crippen MR) is 41.2 cm³/mol. The van der Waals surface area contributed by atoms with Crippen LogP contribution in [0.1, 0.15) is 26.2 Å². The predicted octanol–water partition coefficient (Wildman–Crippen LogP) is 1.51. The zero-order valence-electron chi connectivity index (χ0n) is 5.31. The van der Waals surface area contributed by atoms with Crippen LogP contribution in [0, 0.1) is 0 Å². The van der Waals surface area contributed by atoms with Gasteiger partial charge in [-0.1, -0.05) is 25.6 Å². The van der Waals surface area contributed by atoms with E-state index in [1.807, 2.05) is 0 Å². The molecule has 0 fully saturated rings. The highest BCUT2D eigenvalue weighted by molar-refractivity contribution is 7.80. The molecular weight excluding hydrogens is 118 g/mol. The molecule has 0 bridgehead atoms. The van der Waals surface area contributed by atoms with E-state index in [2.05, 4.69) is 6.92 Å². The second kappa shape index (κ2) is 5.19. The van der Waals surface area contributed by atoms with Gasteiger partial charge in [-0.3, -0.25) is 0 Å². The lowest BCUT2D eigenvalue weighted by atomic mass is 10.2. The minimum absolute atomic E-state index is 0.579. The van der Waals surface area contributed by atoms with Crippen LogP contribution in [0.4, 0.5) is 0 Å². The van der Waals surface area contributed by atoms with Crippen LogP contribution in [0.15, 0.2) is 0 Å². The van der Waals surface area contributed by atoms with Crippen LogP contribution < -0.4 is 5.73 Å². The van der Waals surface area contributed by atoms with Gasteiger partial charge in [0.2, 0.25) is 0 Å². The normalized spacial score (nSPS) is 9.25. The largest absolute Gasteiger partial charge is 0.326 e. The van der Waals surface area contributed by atoms with Crippen molar-refractivity contribution in [1.29, 1.82) is 0 Å². The first-order valence-electron chi connectivity index (χ1n) is 3.03. The molecule has 0 radical (unpaired) electrons. The number of hydrogen-bond donors (Lipinski definition) is 1. The molecule has 0 aromatic rings. The monoisotopic (exact) mass is 131 g/mol. The molecule has 0 aliphatic carbocycles. The summed E-state index contributed by atoms with van der Waals surface area (Å²) in [4.78, 5) is 1.01. The lowest BCUT2D eigenvalue weighted by Gasteiger charge is -1.94. The van der Waals surface area contributed by atoms with E-state index in [0.717, 1.165) is 11.3 Å². The van der Waals surface area contributed by atoms with Crippen molar-refractivity contribution in [2.75, 3.05) is 6.54 Å². The summed E-state index contributed by atoms with van der Waals surface area (Å²) >= 11 is 4.90. The molecule has 0 spiro atoms. The van der Waals surface area contributed by atoms with Gasteiger partial charge in [0.1, 0.15) is 0 Å². The zero-order valence-corrected chi connectivity index (χ0v) is 6.13. The molecule has 8 heavy (non-hydrogen) atoms. The SMILES string of the molecule is CCCCC(=S)CN. The smallest absolute Gasteiger partial charge is 0.0242 e. The highest BCUT2D eigenvalue weighted by atomic mass is 32.1. The van der Waals surface area contributed by atoms with E-state index in [4.69, 9.17) is 18.0 Å². The van der Waals surface area contributed by atoms with Gasteiger partial charge >= 0.3 is 0 Å². The van der Waals surface area contributed by atoms with Crippen molar-refractivity contribution in [2.24, 2.45) is 5.73 Å². The summed E-state index contributed by atoms with van der Waals surface area (Å²) < 4.78 is 0. The van der Waals surface area contributed by atoms with E-state index in [9.17, 15) is 0 Å². The molecule has 0 saturated carbocycles. The van der Waals surface area contributed by atoms with Crippen molar-refractivity contribution in [3.63, 3.8) is 0 Å². The van der Waals surface area contributed by atoms with Gasteiger partial charge in [-0.05, 0) is 12.8 Å². The van der Waals surface area contributed by atoms with Crippen LogP contribution in [0.2, 0.25) is 0 Å². The molecule has 0 rings (SSSR count). The summed E-state index contributed by atoms with van der Waals surface area (Å²) in [6.45, 7) is 2.73. The highest BCUT2D eigenvalue weighted by Gasteiger charge is 1.89. The Hall–Kier alpha value is 0.0500. The van der Waals surface area contributed by atoms with Crippen LogP contribution in [0.3, 0.4) is 0 Å². The summed E-state index contributed by atoms with van der Waals surface area (Å²) in [5, 5.41) is 0. The van der Waals surface area contributed by atoms with Gasteiger partial charge < -0.3 is 5.73 Å². The summed E-state index contributed by atoms with van der Waals surface area (Å²) in [5.41, 5.74) is 5.27. The van der Waals surface area contributed by atoms with Crippen molar-refractivity contribution in [3.05, 3.63) is 0 Å². The molecule has 0 aromatic heterocycles. The first-order valence-corrected chi connectivity index (χ1v) is 3.43. The van der Waals surface area contributed by atoms with E-state index >= 15 is 0 Å². The third kappa shape index (κ3) is 4.22. The standard InChI is InChI=1S/C6H13NS/c1-2-3-4-6(8)5-7/h2-5,7H2,1H3. The van der Waals surface area contributed by atoms with Crippen LogP contribution >= 0.6 is 12.2 Å². The van der Waals surface area contributed by atoms with Crippen LogP contribution in [-0.4, -0.2) is 11.4 Å². The number of nitrogens with two attached hydrogens (primary N) is 1. The van der Waals surface area contributed by atoms with E-state index in [-0.39, 0.29) is 0 Å². The van der Waals surface area contributed by atoms with E-state index in [1.165, 1.54) is 12.8 Å². The summed E-state index contributed by atoms with van der Waals surface area (Å²) in [5.74, 6) is 0. The molecule has 48 valence electrons. The topological polar surface area (TPSA) is 26.0 Å². The van der Waals surface area contributed by atoms with Gasteiger partial charge in [-0.2, -0.15) is 0 Å². The van der Waals surface area contributed by atoms with Gasteiger partial charge in [0.25, 0.3) is 0 Å². The molecule has 0 aliphatic heterocycles. The Morgan fingerprint density at radius 1 is 1.62 bits per heavy atom. The van der Waals surface area contributed by atoms with Gasteiger partial charge in [0, 0.05) is 11.4 Å². The maximum absolute atomic E-state index is 5.27. The van der Waals surface area contributed by atoms with Gasteiger partial charge in [0.05, 0.1) is 0 Å². The molecule has 0 saturated heterocycles. The molecule has 0 aliphatic rings. The Kier molecular flexibility index (Phi) is 5.22. The first-order chi connectivity index (χ1) is 3.81. The Labute approximate surface area is 56.3 Å². The Morgan fingerprint density at radius 2 is 2.25 bits per heavy atom. The molecule has 0 amide bonds. The van der Waals surface area contributed by atoms with Crippen molar-refractivity contribution >= 4 is 17.1 Å². The number of hydrogen-bond acceptors (Lipinski definition) is 2. The maximum atomic E-state index is 5.27. The van der Waals surface area contributed by atoms with E-state index in [0.29, 0.717) is 6.54 Å². The van der Waals surface area contributed by atoms with Gasteiger partial charge in [-0.25, -0.2) is 0 Å². The van der Waals surface area contributed by atoms with Crippen LogP contribution in [-0.2, 0) is 0 Å². The average Bonchev–Trinajstić information content (AvgIpc) is 1.83. The van der Waals surface area contributed by atoms with Crippen molar-refractivity contribution in [1.82, 2.24) is 0 Å². The Bertz CT molecular complexity index is 70.9. The minimum Gasteiger partial charge on any atom is -0.326 e. The van der Waals surface area contributed by atoms with Crippen molar-refractivity contribution < 1.29 is 0 Å². The maximum Gasteiger partial charge on any atom is 0.0242 e. The third-order valence-corrected chi connectivity index (χ3v) is 1.41. The molecule has 1 nitrogen and oxygen atoms in total. The number of unbranched alkanes of at least 4 members (excludes halogenated alkanes) is 1.